The Morgan fingerprint density at radius 3 is 2.50 bits per heavy atom. The molecule has 0 fully saturated rings. The molecule has 0 bridgehead atoms. The van der Waals surface area contributed by atoms with Crippen LogP contribution in [0.15, 0.2) is 72.8 Å². The number of hydrogen-bond donors (Lipinski definition) is 1. The number of carbonyl (C=O) groups is 1. The third kappa shape index (κ3) is 6.53. The van der Waals surface area contributed by atoms with Gasteiger partial charge in [-0.05, 0) is 61.7 Å². The Kier molecular flexibility index (Phi) is 8.16. The molecule has 0 spiro atoms. The zero-order valence-corrected chi connectivity index (χ0v) is 17.8. The number of carbonyl (C=O) groups excluding carboxylic acids is 1. The molecule has 3 aromatic rings. The van der Waals surface area contributed by atoms with E-state index in [0.717, 1.165) is 24.2 Å². The number of aryl methyl sites for hydroxylation is 1. The van der Waals surface area contributed by atoms with Crippen LogP contribution in [0.5, 0.6) is 11.5 Å². The van der Waals surface area contributed by atoms with E-state index in [-0.39, 0.29) is 5.91 Å². The quantitative estimate of drug-likeness (QED) is 0.427. The van der Waals surface area contributed by atoms with Gasteiger partial charge >= 0.3 is 0 Å². The van der Waals surface area contributed by atoms with Crippen molar-refractivity contribution in [3.8, 4) is 11.5 Å². The van der Waals surface area contributed by atoms with Crippen LogP contribution in [0.25, 0.3) is 0 Å². The molecule has 156 valence electrons. The molecule has 0 atom stereocenters. The van der Waals surface area contributed by atoms with Crippen molar-refractivity contribution >= 4 is 17.5 Å². The van der Waals surface area contributed by atoms with E-state index in [4.69, 9.17) is 21.1 Å². The van der Waals surface area contributed by atoms with Crippen LogP contribution in [0.2, 0.25) is 5.02 Å². The topological polar surface area (TPSA) is 47.6 Å². The van der Waals surface area contributed by atoms with Crippen molar-refractivity contribution in [2.45, 2.75) is 26.4 Å². The smallest absolute Gasteiger partial charge is 0.251 e. The maximum absolute atomic E-state index is 12.4. The van der Waals surface area contributed by atoms with Crippen LogP contribution < -0.4 is 14.8 Å². The lowest BCUT2D eigenvalue weighted by atomic mass is 10.1. The number of benzene rings is 3. The van der Waals surface area contributed by atoms with Crippen LogP contribution in [0, 0.1) is 0 Å². The first kappa shape index (κ1) is 21.7. The molecule has 0 aromatic heterocycles. The number of ether oxygens (including phenoxy) is 2. The zero-order valence-electron chi connectivity index (χ0n) is 17.1. The van der Waals surface area contributed by atoms with Crippen LogP contribution in [-0.4, -0.2) is 19.1 Å². The SMILES string of the molecule is CCOc1ccc(CCCNC(=O)c2cccc(OCc3ccccc3Cl)c2)cc1. The van der Waals surface area contributed by atoms with Gasteiger partial charge in [-0.15, -0.1) is 0 Å². The van der Waals surface area contributed by atoms with Crippen LogP contribution in [-0.2, 0) is 13.0 Å². The minimum absolute atomic E-state index is 0.107. The van der Waals surface area contributed by atoms with Crippen LogP contribution in [0.1, 0.15) is 34.8 Å². The van der Waals surface area contributed by atoms with E-state index >= 15 is 0 Å². The number of halogens is 1. The van der Waals surface area contributed by atoms with Crippen molar-refractivity contribution < 1.29 is 14.3 Å². The monoisotopic (exact) mass is 423 g/mol. The van der Waals surface area contributed by atoms with Gasteiger partial charge in [-0.1, -0.05) is 48.0 Å². The van der Waals surface area contributed by atoms with Gasteiger partial charge in [0, 0.05) is 22.7 Å². The fourth-order valence-electron chi connectivity index (χ4n) is 3.02. The predicted octanol–water partition coefficient (Wildman–Crippen LogP) is 5.68. The first-order valence-electron chi connectivity index (χ1n) is 10.1. The molecule has 0 saturated carbocycles. The third-order valence-electron chi connectivity index (χ3n) is 4.61. The highest BCUT2D eigenvalue weighted by Gasteiger charge is 2.07. The Balaban J connectivity index is 1.45. The minimum atomic E-state index is -0.107. The summed E-state index contributed by atoms with van der Waals surface area (Å²) in [5.74, 6) is 1.41. The van der Waals surface area contributed by atoms with Crippen molar-refractivity contribution in [2.75, 3.05) is 13.2 Å². The standard InChI is InChI=1S/C25H26ClNO3/c1-2-29-22-14-12-19(13-15-22)7-6-16-27-25(28)20-9-5-10-23(17-20)30-18-21-8-3-4-11-24(21)26/h3-5,8-15,17H,2,6-7,16,18H2,1H3,(H,27,28). The average Bonchev–Trinajstić information content (AvgIpc) is 2.77. The number of nitrogens with one attached hydrogen (secondary N) is 1. The Morgan fingerprint density at radius 2 is 1.73 bits per heavy atom. The fraction of sp³-hybridized carbons (Fsp3) is 0.240. The molecule has 0 aliphatic heterocycles. The summed E-state index contributed by atoms with van der Waals surface area (Å²) < 4.78 is 11.3. The lowest BCUT2D eigenvalue weighted by Gasteiger charge is -2.10. The van der Waals surface area contributed by atoms with Gasteiger partial charge in [-0.3, -0.25) is 4.79 Å². The van der Waals surface area contributed by atoms with Crippen LogP contribution in [0.4, 0.5) is 0 Å². The molecule has 0 heterocycles. The third-order valence-corrected chi connectivity index (χ3v) is 4.98. The lowest BCUT2D eigenvalue weighted by Crippen LogP contribution is -2.24. The molecule has 3 aromatic carbocycles. The van der Waals surface area contributed by atoms with E-state index in [1.165, 1.54) is 5.56 Å². The molecule has 30 heavy (non-hydrogen) atoms. The van der Waals surface area contributed by atoms with Gasteiger partial charge < -0.3 is 14.8 Å². The summed E-state index contributed by atoms with van der Waals surface area (Å²) in [4.78, 5) is 12.4. The van der Waals surface area contributed by atoms with Gasteiger partial charge in [0.15, 0.2) is 0 Å². The molecular weight excluding hydrogens is 398 g/mol. The van der Waals surface area contributed by atoms with Crippen LogP contribution in [0.3, 0.4) is 0 Å². The summed E-state index contributed by atoms with van der Waals surface area (Å²) in [6.45, 7) is 3.60. The maximum atomic E-state index is 12.4. The average molecular weight is 424 g/mol. The second-order valence-electron chi connectivity index (χ2n) is 6.84. The molecule has 1 N–H and O–H groups in total. The highest BCUT2D eigenvalue weighted by molar-refractivity contribution is 6.31. The summed E-state index contributed by atoms with van der Waals surface area (Å²) in [5.41, 5.74) is 2.71. The van der Waals surface area contributed by atoms with E-state index in [1.807, 2.05) is 55.5 Å². The van der Waals surface area contributed by atoms with Crippen molar-refractivity contribution in [3.05, 3.63) is 94.5 Å². The zero-order chi connectivity index (χ0) is 21.2. The summed E-state index contributed by atoms with van der Waals surface area (Å²) >= 11 is 6.16. The molecule has 4 nitrogen and oxygen atoms in total. The van der Waals surface area contributed by atoms with Crippen molar-refractivity contribution in [1.82, 2.24) is 5.32 Å². The number of amides is 1. The normalized spacial score (nSPS) is 10.5. The Morgan fingerprint density at radius 1 is 0.933 bits per heavy atom. The van der Waals surface area contributed by atoms with Crippen molar-refractivity contribution in [3.63, 3.8) is 0 Å². The predicted molar refractivity (Wildman–Crippen MR) is 120 cm³/mol. The molecular formula is C25H26ClNO3. The van der Waals surface area contributed by atoms with E-state index in [1.54, 1.807) is 12.1 Å². The lowest BCUT2D eigenvalue weighted by molar-refractivity contribution is 0.0952. The second kappa shape index (κ2) is 11.3. The molecule has 0 aliphatic rings. The molecule has 1 amide bonds. The molecule has 0 saturated heterocycles. The summed E-state index contributed by atoms with van der Waals surface area (Å²) in [6.07, 6.45) is 1.76. The summed E-state index contributed by atoms with van der Waals surface area (Å²) in [7, 11) is 0. The number of rotatable bonds is 10. The molecule has 0 radical (unpaired) electrons. The first-order chi connectivity index (χ1) is 14.7. The van der Waals surface area contributed by atoms with Gasteiger partial charge in [-0.25, -0.2) is 0 Å². The largest absolute Gasteiger partial charge is 0.494 e. The fourth-order valence-corrected chi connectivity index (χ4v) is 3.21. The second-order valence-corrected chi connectivity index (χ2v) is 7.25. The van der Waals surface area contributed by atoms with E-state index in [0.29, 0.717) is 36.1 Å². The summed E-state index contributed by atoms with van der Waals surface area (Å²) in [5, 5.41) is 3.64. The van der Waals surface area contributed by atoms with Gasteiger partial charge in [0.05, 0.1) is 6.61 Å². The molecule has 5 heteroatoms. The highest BCUT2D eigenvalue weighted by Crippen LogP contribution is 2.19. The van der Waals surface area contributed by atoms with E-state index < -0.39 is 0 Å². The van der Waals surface area contributed by atoms with E-state index in [9.17, 15) is 4.79 Å². The van der Waals surface area contributed by atoms with E-state index in [2.05, 4.69) is 17.4 Å². The van der Waals surface area contributed by atoms with Crippen molar-refractivity contribution in [2.24, 2.45) is 0 Å². The van der Waals surface area contributed by atoms with Gasteiger partial charge in [0.25, 0.3) is 5.91 Å². The Bertz CT molecular complexity index is 957. The van der Waals surface area contributed by atoms with Crippen molar-refractivity contribution in [1.29, 1.82) is 0 Å². The van der Waals surface area contributed by atoms with Gasteiger partial charge in [0.1, 0.15) is 18.1 Å². The highest BCUT2D eigenvalue weighted by atomic mass is 35.5. The molecule has 0 aliphatic carbocycles. The summed E-state index contributed by atoms with van der Waals surface area (Å²) in [6, 6.07) is 22.8. The first-order valence-corrected chi connectivity index (χ1v) is 10.5. The molecule has 3 rings (SSSR count). The van der Waals surface area contributed by atoms with Crippen LogP contribution >= 0.6 is 11.6 Å². The Labute approximate surface area is 182 Å². The maximum Gasteiger partial charge on any atom is 0.251 e. The molecule has 0 unspecified atom stereocenters. The van der Waals surface area contributed by atoms with Gasteiger partial charge in [-0.2, -0.15) is 0 Å². The Hall–Kier alpha value is -2.98. The number of hydrogen-bond acceptors (Lipinski definition) is 3. The van der Waals surface area contributed by atoms with Gasteiger partial charge in [0.2, 0.25) is 0 Å². The minimum Gasteiger partial charge on any atom is -0.494 e.